The number of nitrogens with one attached hydrogen (secondary N) is 1. The molecular formula is C26H29F2N7O. The molecule has 4 heterocycles. The maximum atomic E-state index is 14.9. The van der Waals surface area contributed by atoms with Gasteiger partial charge >= 0.3 is 0 Å². The summed E-state index contributed by atoms with van der Waals surface area (Å²) < 4.78 is 36.8. The van der Waals surface area contributed by atoms with Crippen molar-refractivity contribution in [1.82, 2.24) is 19.6 Å². The average molecular weight is 494 g/mol. The van der Waals surface area contributed by atoms with Crippen molar-refractivity contribution in [3.8, 4) is 17.0 Å². The topological polar surface area (TPSA) is 93.6 Å². The van der Waals surface area contributed by atoms with Gasteiger partial charge in [0, 0.05) is 37.5 Å². The number of fused-ring (bicyclic) bond motifs is 1. The van der Waals surface area contributed by atoms with Crippen LogP contribution in [-0.4, -0.2) is 44.8 Å². The summed E-state index contributed by atoms with van der Waals surface area (Å²) in [5.74, 6) is -0.510. The third-order valence-electron chi connectivity index (χ3n) is 6.10. The summed E-state index contributed by atoms with van der Waals surface area (Å²) in [6, 6.07) is 7.65. The van der Waals surface area contributed by atoms with Crippen molar-refractivity contribution < 1.29 is 13.5 Å². The summed E-state index contributed by atoms with van der Waals surface area (Å²) in [6.07, 6.45) is 5.88. The molecule has 4 aromatic rings. The molecule has 2 atom stereocenters. The summed E-state index contributed by atoms with van der Waals surface area (Å²) in [6.45, 7) is 7.39. The first-order chi connectivity index (χ1) is 17.3. The largest absolute Gasteiger partial charge is 0.491 e. The third-order valence-corrected chi connectivity index (χ3v) is 6.10. The Bertz CT molecular complexity index is 1360. The average Bonchev–Trinajstić information content (AvgIpc) is 3.20. The minimum Gasteiger partial charge on any atom is -0.491 e. The molecule has 8 nitrogen and oxygen atoms in total. The SMILES string of the molecule is CC(C)Oc1cc(F)c(-c2ccc3cnc(Nc4cnccc4N4C[C@H](C)C[C@H](N)C4)n3n2)c(F)c1. The molecule has 1 fully saturated rings. The number of ether oxygens (including phenoxy) is 1. The molecule has 0 unspecified atom stereocenters. The predicted octanol–water partition coefficient (Wildman–Crippen LogP) is 4.77. The number of aromatic nitrogens is 4. The third kappa shape index (κ3) is 4.81. The zero-order chi connectivity index (χ0) is 25.4. The molecule has 0 aliphatic carbocycles. The van der Waals surface area contributed by atoms with Crippen LogP contribution in [0, 0.1) is 17.6 Å². The van der Waals surface area contributed by atoms with Gasteiger partial charge in [-0.3, -0.25) is 4.98 Å². The number of piperidine rings is 1. The molecule has 3 N–H and O–H groups in total. The Balaban J connectivity index is 1.49. The van der Waals surface area contributed by atoms with Crippen LogP contribution in [0.2, 0.25) is 0 Å². The van der Waals surface area contributed by atoms with Crippen molar-refractivity contribution >= 4 is 22.8 Å². The van der Waals surface area contributed by atoms with Gasteiger partial charge in [0.15, 0.2) is 0 Å². The number of halogens is 2. The van der Waals surface area contributed by atoms with Gasteiger partial charge < -0.3 is 20.7 Å². The quantitative estimate of drug-likeness (QED) is 0.399. The van der Waals surface area contributed by atoms with Gasteiger partial charge in [0.05, 0.1) is 46.6 Å². The molecule has 0 spiro atoms. The number of imidazole rings is 1. The van der Waals surface area contributed by atoms with Gasteiger partial charge in [0.2, 0.25) is 5.95 Å². The number of hydrogen-bond acceptors (Lipinski definition) is 7. The molecule has 1 aliphatic rings. The molecule has 0 radical (unpaired) electrons. The first-order valence-electron chi connectivity index (χ1n) is 12.0. The van der Waals surface area contributed by atoms with E-state index in [0.29, 0.717) is 17.4 Å². The summed E-state index contributed by atoms with van der Waals surface area (Å²) in [7, 11) is 0. The molecule has 0 amide bonds. The predicted molar refractivity (Wildman–Crippen MR) is 136 cm³/mol. The van der Waals surface area contributed by atoms with Crippen molar-refractivity contribution in [3.05, 3.63) is 60.6 Å². The Morgan fingerprint density at radius 2 is 1.89 bits per heavy atom. The summed E-state index contributed by atoms with van der Waals surface area (Å²) >= 11 is 0. The molecule has 1 saturated heterocycles. The van der Waals surface area contributed by atoms with Crippen LogP contribution in [0.1, 0.15) is 27.2 Å². The Morgan fingerprint density at radius 1 is 1.11 bits per heavy atom. The van der Waals surface area contributed by atoms with Crippen LogP contribution >= 0.6 is 0 Å². The number of benzene rings is 1. The van der Waals surface area contributed by atoms with Crippen LogP contribution in [0.15, 0.2) is 48.9 Å². The molecule has 0 saturated carbocycles. The number of pyridine rings is 1. The Labute approximate surface area is 208 Å². The van der Waals surface area contributed by atoms with Crippen LogP contribution in [0.5, 0.6) is 5.75 Å². The van der Waals surface area contributed by atoms with E-state index >= 15 is 0 Å². The summed E-state index contributed by atoms with van der Waals surface area (Å²) in [5.41, 5.74) is 8.54. The van der Waals surface area contributed by atoms with Crippen molar-refractivity contribution in [2.75, 3.05) is 23.3 Å². The normalized spacial score (nSPS) is 18.1. The highest BCUT2D eigenvalue weighted by Crippen LogP contribution is 2.32. The standard InChI is InChI=1S/C26H29F2N7O/c1-15(2)36-19-9-20(27)25(21(28)10-19)22-5-4-18-11-31-26(35(18)33-22)32-23-12-30-7-6-24(23)34-13-16(3)8-17(29)14-34/h4-7,9-12,15-17H,8,13-14,29H2,1-3H3,(H,31,32)/t16-,17+/m1/s1. The van der Waals surface area contributed by atoms with Crippen molar-refractivity contribution in [1.29, 1.82) is 0 Å². The number of nitrogens with two attached hydrogens (primary N) is 1. The van der Waals surface area contributed by atoms with Gasteiger partial charge in [-0.1, -0.05) is 6.92 Å². The van der Waals surface area contributed by atoms with Crippen molar-refractivity contribution in [3.63, 3.8) is 0 Å². The molecule has 3 aromatic heterocycles. The molecule has 0 bridgehead atoms. The summed E-state index contributed by atoms with van der Waals surface area (Å²) in [5, 5.41) is 7.79. The van der Waals surface area contributed by atoms with E-state index in [1.54, 1.807) is 44.6 Å². The highest BCUT2D eigenvalue weighted by atomic mass is 19.1. The Kier molecular flexibility index (Phi) is 6.44. The van der Waals surface area contributed by atoms with Gasteiger partial charge in [0.1, 0.15) is 17.4 Å². The van der Waals surface area contributed by atoms with Crippen LogP contribution in [0.25, 0.3) is 16.8 Å². The fraction of sp³-hybridized carbons (Fsp3) is 0.346. The van der Waals surface area contributed by atoms with Crippen molar-refractivity contribution in [2.24, 2.45) is 11.7 Å². The number of rotatable bonds is 6. The van der Waals surface area contributed by atoms with E-state index < -0.39 is 11.6 Å². The van der Waals surface area contributed by atoms with E-state index in [1.165, 1.54) is 16.6 Å². The lowest BCUT2D eigenvalue weighted by Gasteiger charge is -2.37. The molecule has 1 aliphatic heterocycles. The second-order valence-electron chi connectivity index (χ2n) is 9.59. The molecule has 5 rings (SSSR count). The first-order valence-corrected chi connectivity index (χ1v) is 12.0. The number of nitrogens with zero attached hydrogens (tertiary/aromatic N) is 5. The maximum Gasteiger partial charge on any atom is 0.229 e. The summed E-state index contributed by atoms with van der Waals surface area (Å²) in [4.78, 5) is 11.0. The maximum absolute atomic E-state index is 14.9. The monoisotopic (exact) mass is 493 g/mol. The highest BCUT2D eigenvalue weighted by molar-refractivity contribution is 5.74. The van der Waals surface area contributed by atoms with Crippen LogP contribution in [-0.2, 0) is 0 Å². The number of hydrogen-bond donors (Lipinski definition) is 2. The van der Waals surface area contributed by atoms with Gasteiger partial charge in [-0.15, -0.1) is 0 Å². The van der Waals surface area contributed by atoms with E-state index in [2.05, 4.69) is 32.2 Å². The van der Waals surface area contributed by atoms with Crippen LogP contribution in [0.4, 0.5) is 26.1 Å². The lowest BCUT2D eigenvalue weighted by molar-refractivity contribution is 0.240. The zero-order valence-electron chi connectivity index (χ0n) is 20.4. The van der Waals surface area contributed by atoms with E-state index in [1.807, 2.05) is 6.07 Å². The van der Waals surface area contributed by atoms with Gasteiger partial charge in [-0.2, -0.15) is 9.61 Å². The molecule has 10 heteroatoms. The second kappa shape index (κ2) is 9.69. The fourth-order valence-corrected chi connectivity index (χ4v) is 4.71. The minimum atomic E-state index is -0.753. The zero-order valence-corrected chi connectivity index (χ0v) is 20.4. The Morgan fingerprint density at radius 3 is 2.61 bits per heavy atom. The van der Waals surface area contributed by atoms with E-state index in [4.69, 9.17) is 10.5 Å². The van der Waals surface area contributed by atoms with Crippen molar-refractivity contribution in [2.45, 2.75) is 39.3 Å². The lowest BCUT2D eigenvalue weighted by atomic mass is 9.96. The fourth-order valence-electron chi connectivity index (χ4n) is 4.71. The van der Waals surface area contributed by atoms with Gasteiger partial charge in [0.25, 0.3) is 0 Å². The highest BCUT2D eigenvalue weighted by Gasteiger charge is 2.24. The Hall–Kier alpha value is -3.79. The molecule has 188 valence electrons. The molecule has 1 aromatic carbocycles. The van der Waals surface area contributed by atoms with E-state index in [0.717, 1.165) is 30.9 Å². The van der Waals surface area contributed by atoms with Gasteiger partial charge in [-0.25, -0.2) is 13.8 Å². The van der Waals surface area contributed by atoms with E-state index in [-0.39, 0.29) is 29.2 Å². The smallest absolute Gasteiger partial charge is 0.229 e. The second-order valence-corrected chi connectivity index (χ2v) is 9.59. The number of anilines is 3. The molecular weight excluding hydrogens is 464 g/mol. The van der Waals surface area contributed by atoms with Crippen LogP contribution < -0.4 is 20.7 Å². The van der Waals surface area contributed by atoms with Gasteiger partial charge in [-0.05, 0) is 44.4 Å². The van der Waals surface area contributed by atoms with Crippen LogP contribution in [0.3, 0.4) is 0 Å². The van der Waals surface area contributed by atoms with E-state index in [9.17, 15) is 8.78 Å². The molecule has 36 heavy (non-hydrogen) atoms. The minimum absolute atomic E-state index is 0.0911. The lowest BCUT2D eigenvalue weighted by Crippen LogP contribution is -2.46. The first kappa shape index (κ1) is 23.9.